The van der Waals surface area contributed by atoms with Gasteiger partial charge in [-0.05, 0) is 59.2 Å². The molecule has 0 unspecified atom stereocenters. The summed E-state index contributed by atoms with van der Waals surface area (Å²) in [6, 6.07) is 0. The molecule has 291 valence electrons. The van der Waals surface area contributed by atoms with Gasteiger partial charge in [0.15, 0.2) is 52.4 Å². The van der Waals surface area contributed by atoms with E-state index in [0.717, 1.165) is 0 Å². The topological polar surface area (TPSA) is 0 Å². The Bertz CT molecular complexity index is 1640. The first kappa shape index (κ1) is 46.8. The molecule has 0 nitrogen and oxygen atoms in total. The van der Waals surface area contributed by atoms with Gasteiger partial charge < -0.3 is 0 Å². The molecule has 17 heteroatoms. The number of rotatable bonds is 5. The Balaban J connectivity index is 0.000000641. The Morgan fingerprint density at radius 3 is 0.582 bits per heavy atom. The van der Waals surface area contributed by atoms with Crippen molar-refractivity contribution in [1.29, 1.82) is 0 Å². The van der Waals surface area contributed by atoms with Crippen LogP contribution in [0.5, 0.6) is 0 Å². The van der Waals surface area contributed by atoms with Gasteiger partial charge >= 0.3 is 21.7 Å². The van der Waals surface area contributed by atoms with Crippen LogP contribution in [0.25, 0.3) is 0 Å². The van der Waals surface area contributed by atoms with Gasteiger partial charge in [0.05, 0.1) is 0 Å². The molecular formula is C38H29BF15Ti+2. The van der Waals surface area contributed by atoms with Gasteiger partial charge in [-0.25, -0.2) is 65.9 Å². The minimum atomic E-state index is -5.63. The third kappa shape index (κ3) is 7.15. The van der Waals surface area contributed by atoms with Crippen molar-refractivity contribution in [3.8, 4) is 0 Å². The van der Waals surface area contributed by atoms with Crippen LogP contribution in [-0.2, 0) is 21.7 Å². The second kappa shape index (κ2) is 16.7. The molecule has 0 N–H and O–H groups in total. The summed E-state index contributed by atoms with van der Waals surface area (Å²) in [6.45, 7) is 16.1. The Morgan fingerprint density at radius 1 is 0.255 bits per heavy atom. The molecule has 0 bridgehead atoms. The quantitative estimate of drug-likeness (QED) is 0.104. The van der Waals surface area contributed by atoms with E-state index >= 15 is 26.3 Å². The van der Waals surface area contributed by atoms with Crippen LogP contribution in [0.3, 0.4) is 0 Å². The van der Waals surface area contributed by atoms with Crippen LogP contribution < -0.4 is 16.4 Å². The van der Waals surface area contributed by atoms with Crippen LogP contribution in [0.15, 0.2) is 0 Å². The number of hydrogen-bond acceptors (Lipinski definition) is 0. The van der Waals surface area contributed by atoms with Crippen LogP contribution in [0.4, 0.5) is 65.9 Å². The van der Waals surface area contributed by atoms with Crippen molar-refractivity contribution in [3.05, 3.63) is 146 Å². The predicted molar refractivity (Wildman–Crippen MR) is 172 cm³/mol. The van der Waals surface area contributed by atoms with Gasteiger partial charge in [0, 0.05) is 0 Å². The fourth-order valence-corrected chi connectivity index (χ4v) is 7.22. The third-order valence-electron chi connectivity index (χ3n) is 11.1. The summed E-state index contributed by atoms with van der Waals surface area (Å²) in [5.74, 6) is -37.7. The average molecular weight is 829 g/mol. The van der Waals surface area contributed by atoms with Gasteiger partial charge in [-0.1, -0.05) is 62.3 Å². The van der Waals surface area contributed by atoms with E-state index in [4.69, 9.17) is 0 Å². The van der Waals surface area contributed by atoms with E-state index in [1.54, 1.807) is 0 Å². The van der Waals surface area contributed by atoms with Gasteiger partial charge in [0.2, 0.25) is 0 Å². The standard InChI is InChI=1S/C28H14BF15.C10H15.Ti/c1-6-7(2)9(4)10(8(6)3)5-29(11-14(30)20(36)26(42)21(37)15(11)31,12-16(32)22(38)27(43)23(39)17(12)33)13-18(34)24(40)28(44)25(41)19(13)35;1-6-7(2)9(4)10(5)8(6)3;/h5H2,1-4H3;1-5H3;/q-1;;+3. The van der Waals surface area contributed by atoms with Crippen molar-refractivity contribution >= 4 is 22.5 Å². The maximum absolute atomic E-state index is 15.6. The molecule has 0 heterocycles. The van der Waals surface area contributed by atoms with Crippen LogP contribution in [0.1, 0.15) is 62.3 Å². The van der Waals surface area contributed by atoms with Crippen molar-refractivity contribution in [2.24, 2.45) is 0 Å². The molecule has 0 atom stereocenters. The molecule has 55 heavy (non-hydrogen) atoms. The molecule has 11 radical (unpaired) electrons. The van der Waals surface area contributed by atoms with Crippen molar-refractivity contribution < 1.29 is 87.6 Å². The summed E-state index contributed by atoms with van der Waals surface area (Å²) in [5.41, 5.74) is -7.82. The first-order chi connectivity index (χ1) is 24.8. The number of hydrogen-bond donors (Lipinski definition) is 0. The summed E-state index contributed by atoms with van der Waals surface area (Å²) in [4.78, 5) is 0. The molecule has 0 spiro atoms. The van der Waals surface area contributed by atoms with E-state index in [0.29, 0.717) is 0 Å². The molecule has 5 rings (SSSR count). The Morgan fingerprint density at radius 2 is 0.400 bits per heavy atom. The van der Waals surface area contributed by atoms with Crippen LogP contribution >= 0.6 is 0 Å². The first-order valence-electron chi connectivity index (χ1n) is 16.0. The van der Waals surface area contributed by atoms with Gasteiger partial charge in [0.25, 0.3) is 0 Å². The maximum atomic E-state index is 15.6. The first-order valence-corrected chi connectivity index (χ1v) is 16.0. The Labute approximate surface area is 324 Å². The van der Waals surface area contributed by atoms with Gasteiger partial charge in [-0.15, -0.1) is 16.4 Å². The minimum Gasteiger partial charge on any atom is -0.207 e. The fraction of sp³-hybridized carbons (Fsp3) is 0.263. The molecule has 0 aliphatic heterocycles. The largest absolute Gasteiger partial charge is 3.00 e. The zero-order chi connectivity index (χ0) is 41.4. The van der Waals surface area contributed by atoms with E-state index in [1.165, 1.54) is 57.3 Å². The monoisotopic (exact) mass is 829 g/mol. The molecule has 2 fully saturated rings. The summed E-state index contributed by atoms with van der Waals surface area (Å²) >= 11 is 0. The molecule has 3 aromatic carbocycles. The maximum Gasteiger partial charge on any atom is 3.00 e. The summed E-state index contributed by atoms with van der Waals surface area (Å²) in [7, 11) is 0. The molecule has 3 aromatic rings. The van der Waals surface area contributed by atoms with Crippen molar-refractivity contribution in [2.75, 3.05) is 0 Å². The van der Waals surface area contributed by atoms with Crippen molar-refractivity contribution in [1.82, 2.24) is 0 Å². The van der Waals surface area contributed by atoms with E-state index in [1.807, 2.05) is 0 Å². The molecule has 2 aliphatic rings. The van der Waals surface area contributed by atoms with Gasteiger partial charge in [-0.2, -0.15) is 6.32 Å². The molecule has 0 saturated heterocycles. The van der Waals surface area contributed by atoms with Crippen molar-refractivity contribution in [3.63, 3.8) is 0 Å². The zero-order valence-electron chi connectivity index (χ0n) is 30.5. The van der Waals surface area contributed by atoms with E-state index in [-0.39, 0.29) is 45.4 Å². The third-order valence-corrected chi connectivity index (χ3v) is 11.1. The predicted octanol–water partition coefficient (Wildman–Crippen LogP) is 10.2. The van der Waals surface area contributed by atoms with Crippen LogP contribution in [0, 0.1) is 146 Å². The second-order valence-corrected chi connectivity index (χ2v) is 13.3. The molecule has 2 saturated carbocycles. The van der Waals surface area contributed by atoms with Crippen LogP contribution in [-0.4, -0.2) is 6.15 Å². The van der Waals surface area contributed by atoms with E-state index in [9.17, 15) is 39.5 Å². The Hall–Kier alpha value is -2.61. The molecular weight excluding hydrogens is 800 g/mol. The molecule has 0 amide bonds. The zero-order valence-corrected chi connectivity index (χ0v) is 32.0. The fourth-order valence-electron chi connectivity index (χ4n) is 7.22. The van der Waals surface area contributed by atoms with Gasteiger partial charge in [0.1, 0.15) is 41.0 Å². The molecule has 2 aliphatic carbocycles. The summed E-state index contributed by atoms with van der Waals surface area (Å²) < 4.78 is 224. The number of benzene rings is 3. The number of halogens is 15. The SMILES string of the molecule is C[C]1[C](C)[C](C)[C](C)[C]1C.C[C]1[C](C)[C](C)[C](C[B-](c2c(F)c(F)c(F)c(F)c2F)(c2c(F)c(F)c(F)c(F)c2F)c2c(F)c(F)c(F)c(F)c2F)[C]1C.[Ti+3]. The molecule has 0 aromatic heterocycles. The summed E-state index contributed by atoms with van der Waals surface area (Å²) in [5, 5.41) is 0. The van der Waals surface area contributed by atoms with Crippen molar-refractivity contribution in [2.45, 2.75) is 68.6 Å². The second-order valence-electron chi connectivity index (χ2n) is 13.3. The Kier molecular flexibility index (Phi) is 14.2. The smallest absolute Gasteiger partial charge is 0.207 e. The van der Waals surface area contributed by atoms with E-state index < -0.39 is 122 Å². The minimum absolute atomic E-state index is 0. The summed E-state index contributed by atoms with van der Waals surface area (Å²) in [6.07, 6.45) is -7.42. The van der Waals surface area contributed by atoms with Crippen LogP contribution in [0.2, 0.25) is 6.32 Å². The average Bonchev–Trinajstić information content (AvgIpc) is 3.42. The van der Waals surface area contributed by atoms with E-state index in [2.05, 4.69) is 34.6 Å². The normalized spacial score (nSPS) is 18.1. The van der Waals surface area contributed by atoms with Gasteiger partial charge in [-0.3, -0.25) is 0 Å².